The molecule has 0 unspecified atom stereocenters. The normalized spacial score (nSPS) is 11.1. The summed E-state index contributed by atoms with van der Waals surface area (Å²) in [5.41, 5.74) is 0.0150. The Bertz CT molecular complexity index is 157. The molecule has 0 atom stereocenters. The smallest absolute Gasteiger partial charge is 0.331 e. The zero-order valence-electron chi connectivity index (χ0n) is 6.77. The first-order valence-corrected chi connectivity index (χ1v) is 3.34. The van der Waals surface area contributed by atoms with Gasteiger partial charge in [-0.3, -0.25) is 0 Å². The van der Waals surface area contributed by atoms with Gasteiger partial charge in [-0.15, -0.1) is 0 Å². The molecule has 0 rings (SSSR count). The molecule has 0 radical (unpaired) electrons. The van der Waals surface area contributed by atoms with Crippen LogP contribution in [0.1, 0.15) is 27.2 Å². The quantitative estimate of drug-likeness (QED) is 0.612. The number of carbonyl (C=O) groups is 1. The summed E-state index contributed by atoms with van der Waals surface area (Å²) in [5.74, 6) is -0.896. The van der Waals surface area contributed by atoms with Gasteiger partial charge in [0.25, 0.3) is 0 Å². The minimum atomic E-state index is -0.896. The van der Waals surface area contributed by atoms with Crippen LogP contribution in [0, 0.1) is 5.41 Å². The van der Waals surface area contributed by atoms with E-state index in [1.165, 1.54) is 0 Å². The monoisotopic (exact) mass is 142 g/mol. The summed E-state index contributed by atoms with van der Waals surface area (Å²) < 4.78 is 0. The van der Waals surface area contributed by atoms with Crippen molar-refractivity contribution in [1.29, 1.82) is 0 Å². The number of rotatable bonds is 3. The Morgan fingerprint density at radius 2 is 2.00 bits per heavy atom. The average molecular weight is 142 g/mol. The molecular formula is C8H14O2. The van der Waals surface area contributed by atoms with Crippen molar-refractivity contribution in [2.24, 2.45) is 5.41 Å². The van der Waals surface area contributed by atoms with E-state index in [1.54, 1.807) is 0 Å². The van der Waals surface area contributed by atoms with E-state index < -0.39 is 5.97 Å². The number of aliphatic carboxylic acids is 1. The van der Waals surface area contributed by atoms with Crippen LogP contribution >= 0.6 is 0 Å². The third-order valence-corrected chi connectivity index (χ3v) is 1.96. The van der Waals surface area contributed by atoms with E-state index in [0.717, 1.165) is 6.42 Å². The van der Waals surface area contributed by atoms with E-state index in [1.807, 2.05) is 20.8 Å². The first kappa shape index (κ1) is 9.21. The molecule has 58 valence electrons. The van der Waals surface area contributed by atoms with Crippen LogP contribution in [0.5, 0.6) is 0 Å². The van der Waals surface area contributed by atoms with Crippen LogP contribution in [0.25, 0.3) is 0 Å². The summed E-state index contributed by atoms with van der Waals surface area (Å²) in [5, 5.41) is 8.55. The maximum absolute atomic E-state index is 10.4. The Morgan fingerprint density at radius 3 is 2.10 bits per heavy atom. The van der Waals surface area contributed by atoms with Crippen molar-refractivity contribution in [2.45, 2.75) is 27.2 Å². The highest BCUT2D eigenvalue weighted by atomic mass is 16.4. The molecule has 0 aromatic rings. The summed E-state index contributed by atoms with van der Waals surface area (Å²) in [7, 11) is 0. The maximum Gasteiger partial charge on any atom is 0.331 e. The van der Waals surface area contributed by atoms with Crippen LogP contribution in [0.4, 0.5) is 0 Å². The fourth-order valence-electron chi connectivity index (χ4n) is 0.503. The highest BCUT2D eigenvalue weighted by Crippen LogP contribution is 2.28. The van der Waals surface area contributed by atoms with Gasteiger partial charge in [0, 0.05) is 5.57 Å². The lowest BCUT2D eigenvalue weighted by molar-refractivity contribution is -0.133. The Balaban J connectivity index is 4.33. The topological polar surface area (TPSA) is 37.3 Å². The fourth-order valence-corrected chi connectivity index (χ4v) is 0.503. The largest absolute Gasteiger partial charge is 0.478 e. The van der Waals surface area contributed by atoms with Gasteiger partial charge in [-0.2, -0.15) is 0 Å². The van der Waals surface area contributed by atoms with Gasteiger partial charge in [0.2, 0.25) is 0 Å². The standard InChI is InChI=1S/C8H14O2/c1-5-8(3,4)6(2)7(9)10/h2,5H2,1,3-4H3,(H,9,10). The summed E-state index contributed by atoms with van der Waals surface area (Å²) in [6.07, 6.45) is 0.804. The van der Waals surface area contributed by atoms with Crippen molar-refractivity contribution in [3.63, 3.8) is 0 Å². The minimum Gasteiger partial charge on any atom is -0.478 e. The second-order valence-electron chi connectivity index (χ2n) is 3.02. The molecule has 0 saturated heterocycles. The SMILES string of the molecule is C=C(C(=O)O)C(C)(C)CC. The van der Waals surface area contributed by atoms with Crippen molar-refractivity contribution in [3.05, 3.63) is 12.2 Å². The van der Waals surface area contributed by atoms with E-state index in [9.17, 15) is 4.79 Å². The van der Waals surface area contributed by atoms with Crippen LogP contribution in [-0.2, 0) is 4.79 Å². The zero-order valence-corrected chi connectivity index (χ0v) is 6.77. The van der Waals surface area contributed by atoms with Gasteiger partial charge in [0.15, 0.2) is 0 Å². The summed E-state index contributed by atoms with van der Waals surface area (Å²) in [6.45, 7) is 9.21. The second-order valence-corrected chi connectivity index (χ2v) is 3.02. The van der Waals surface area contributed by atoms with Crippen molar-refractivity contribution < 1.29 is 9.90 Å². The molecular weight excluding hydrogens is 128 g/mol. The predicted octanol–water partition coefficient (Wildman–Crippen LogP) is 2.06. The molecule has 0 fully saturated rings. The van der Waals surface area contributed by atoms with Crippen LogP contribution in [0.3, 0.4) is 0 Å². The Kier molecular flexibility index (Phi) is 2.64. The van der Waals surface area contributed by atoms with Crippen LogP contribution in [0.15, 0.2) is 12.2 Å². The number of hydrogen-bond acceptors (Lipinski definition) is 1. The van der Waals surface area contributed by atoms with Crippen molar-refractivity contribution >= 4 is 5.97 Å². The van der Waals surface area contributed by atoms with E-state index in [0.29, 0.717) is 0 Å². The van der Waals surface area contributed by atoms with Gasteiger partial charge in [-0.05, 0) is 11.8 Å². The van der Waals surface area contributed by atoms with Gasteiger partial charge < -0.3 is 5.11 Å². The molecule has 0 aromatic heterocycles. The highest BCUT2D eigenvalue weighted by Gasteiger charge is 2.23. The molecule has 0 aliphatic rings. The molecule has 0 spiro atoms. The third-order valence-electron chi connectivity index (χ3n) is 1.96. The number of carboxylic acids is 1. The summed E-state index contributed by atoms with van der Waals surface area (Å²) in [4.78, 5) is 10.4. The third kappa shape index (κ3) is 1.87. The van der Waals surface area contributed by atoms with Crippen LogP contribution in [0.2, 0.25) is 0 Å². The summed E-state index contributed by atoms with van der Waals surface area (Å²) in [6, 6.07) is 0. The Labute approximate surface area is 61.6 Å². The molecule has 2 nitrogen and oxygen atoms in total. The maximum atomic E-state index is 10.4. The lowest BCUT2D eigenvalue weighted by Crippen LogP contribution is -2.18. The predicted molar refractivity (Wildman–Crippen MR) is 40.8 cm³/mol. The van der Waals surface area contributed by atoms with Crippen LogP contribution in [-0.4, -0.2) is 11.1 Å². The molecule has 0 aliphatic carbocycles. The highest BCUT2D eigenvalue weighted by molar-refractivity contribution is 5.87. The van der Waals surface area contributed by atoms with E-state index in [4.69, 9.17) is 5.11 Å². The molecule has 0 amide bonds. The minimum absolute atomic E-state index is 0.272. The van der Waals surface area contributed by atoms with Gasteiger partial charge in [-0.1, -0.05) is 27.4 Å². The first-order valence-electron chi connectivity index (χ1n) is 3.34. The first-order chi connectivity index (χ1) is 4.41. The Morgan fingerprint density at radius 1 is 1.60 bits per heavy atom. The molecule has 0 bridgehead atoms. The summed E-state index contributed by atoms with van der Waals surface area (Å²) >= 11 is 0. The molecule has 2 heteroatoms. The lowest BCUT2D eigenvalue weighted by atomic mass is 9.83. The second kappa shape index (κ2) is 2.86. The van der Waals surface area contributed by atoms with Gasteiger partial charge in [-0.25, -0.2) is 4.79 Å². The fraction of sp³-hybridized carbons (Fsp3) is 0.625. The molecule has 10 heavy (non-hydrogen) atoms. The molecule has 0 saturated carbocycles. The van der Waals surface area contributed by atoms with Gasteiger partial charge >= 0.3 is 5.97 Å². The number of carboxylic acid groups (broad SMARTS) is 1. The molecule has 0 aromatic carbocycles. The average Bonchev–Trinajstić information content (AvgIpc) is 1.86. The number of hydrogen-bond donors (Lipinski definition) is 1. The van der Waals surface area contributed by atoms with Crippen molar-refractivity contribution in [3.8, 4) is 0 Å². The lowest BCUT2D eigenvalue weighted by Gasteiger charge is -2.21. The van der Waals surface area contributed by atoms with Gasteiger partial charge in [0.05, 0.1) is 0 Å². The molecule has 0 heterocycles. The molecule has 0 aliphatic heterocycles. The van der Waals surface area contributed by atoms with Crippen molar-refractivity contribution in [2.75, 3.05) is 0 Å². The van der Waals surface area contributed by atoms with E-state index in [2.05, 4.69) is 6.58 Å². The van der Waals surface area contributed by atoms with Crippen molar-refractivity contribution in [1.82, 2.24) is 0 Å². The van der Waals surface area contributed by atoms with Gasteiger partial charge in [0.1, 0.15) is 0 Å². The van der Waals surface area contributed by atoms with E-state index >= 15 is 0 Å². The Hall–Kier alpha value is -0.790. The van der Waals surface area contributed by atoms with Crippen LogP contribution < -0.4 is 0 Å². The van der Waals surface area contributed by atoms with E-state index in [-0.39, 0.29) is 11.0 Å². The zero-order chi connectivity index (χ0) is 8.36. The molecule has 1 N–H and O–H groups in total.